The van der Waals surface area contributed by atoms with Crippen LogP contribution in [0.4, 0.5) is 0 Å². The number of benzene rings is 2. The Bertz CT molecular complexity index is 635. The highest BCUT2D eigenvalue weighted by atomic mass is 16.2. The van der Waals surface area contributed by atoms with Gasteiger partial charge in [-0.05, 0) is 30.5 Å². The van der Waals surface area contributed by atoms with Gasteiger partial charge in [0.25, 0.3) is 0 Å². The Labute approximate surface area is 163 Å². The van der Waals surface area contributed by atoms with Crippen LogP contribution in [0, 0.1) is 0 Å². The van der Waals surface area contributed by atoms with Crippen LogP contribution >= 0.6 is 0 Å². The predicted molar refractivity (Wildman–Crippen MR) is 111 cm³/mol. The Balaban J connectivity index is 1.35. The van der Waals surface area contributed by atoms with Gasteiger partial charge in [-0.25, -0.2) is 0 Å². The number of hydrogen-bond acceptors (Lipinski definition) is 3. The summed E-state index contributed by atoms with van der Waals surface area (Å²) in [4.78, 5) is 13.6. The maximum Gasteiger partial charge on any atom is 0.222 e. The highest BCUT2D eigenvalue weighted by Crippen LogP contribution is 2.23. The molecule has 0 aromatic heterocycles. The van der Waals surface area contributed by atoms with Crippen LogP contribution in [0.25, 0.3) is 0 Å². The van der Waals surface area contributed by atoms with Crippen LogP contribution in [-0.4, -0.2) is 50.1 Å². The molecule has 1 saturated heterocycles. The Kier molecular flexibility index (Phi) is 7.87. The molecule has 2 aromatic rings. The standard InChI is InChI=1S/C23H31N3O/c27-23-13-7-17-26(23)18-8-14-24-15-16-25-19-22(20-9-3-1-4-10-20)21-11-5-2-6-12-21/h1-6,9-12,22,24-25H,7-8,13-19H2. The molecular weight excluding hydrogens is 334 g/mol. The van der Waals surface area contributed by atoms with E-state index in [1.165, 1.54) is 11.1 Å². The number of carbonyl (C=O) groups excluding carboxylic acids is 1. The van der Waals surface area contributed by atoms with Crippen molar-refractivity contribution in [2.24, 2.45) is 0 Å². The first-order chi connectivity index (χ1) is 13.3. The van der Waals surface area contributed by atoms with Crippen molar-refractivity contribution in [1.29, 1.82) is 0 Å². The van der Waals surface area contributed by atoms with Crippen molar-refractivity contribution < 1.29 is 4.79 Å². The summed E-state index contributed by atoms with van der Waals surface area (Å²) in [6.07, 6.45) is 2.80. The Morgan fingerprint density at radius 2 is 1.48 bits per heavy atom. The SMILES string of the molecule is O=C1CCCN1CCCNCCNCC(c1ccccc1)c1ccccc1. The molecule has 4 nitrogen and oxygen atoms in total. The lowest BCUT2D eigenvalue weighted by Gasteiger charge is -2.19. The molecule has 1 heterocycles. The highest BCUT2D eigenvalue weighted by molar-refractivity contribution is 5.77. The minimum atomic E-state index is 0.324. The van der Waals surface area contributed by atoms with E-state index in [1.54, 1.807) is 0 Å². The van der Waals surface area contributed by atoms with E-state index in [2.05, 4.69) is 71.3 Å². The van der Waals surface area contributed by atoms with Crippen LogP contribution in [0.15, 0.2) is 60.7 Å². The first kappa shape index (κ1) is 19.6. The van der Waals surface area contributed by atoms with Gasteiger partial charge in [0.15, 0.2) is 0 Å². The maximum atomic E-state index is 11.6. The Hall–Kier alpha value is -2.17. The van der Waals surface area contributed by atoms with E-state index in [0.29, 0.717) is 11.8 Å². The summed E-state index contributed by atoms with van der Waals surface area (Å²) >= 11 is 0. The van der Waals surface area contributed by atoms with Crippen molar-refractivity contribution >= 4 is 5.91 Å². The van der Waals surface area contributed by atoms with Crippen LogP contribution < -0.4 is 10.6 Å². The van der Waals surface area contributed by atoms with Crippen LogP contribution in [0.1, 0.15) is 36.3 Å². The smallest absolute Gasteiger partial charge is 0.222 e. The van der Waals surface area contributed by atoms with E-state index in [4.69, 9.17) is 0 Å². The number of nitrogens with zero attached hydrogens (tertiary/aromatic N) is 1. The summed E-state index contributed by atoms with van der Waals surface area (Å²) in [6, 6.07) is 21.4. The van der Waals surface area contributed by atoms with Crippen LogP contribution in [0.2, 0.25) is 0 Å². The van der Waals surface area contributed by atoms with Crippen LogP contribution in [0.5, 0.6) is 0 Å². The summed E-state index contributed by atoms with van der Waals surface area (Å²) < 4.78 is 0. The summed E-state index contributed by atoms with van der Waals surface area (Å²) in [6.45, 7) is 5.62. The third kappa shape index (κ3) is 6.19. The molecular formula is C23H31N3O. The number of likely N-dealkylation sites (tertiary alicyclic amines) is 1. The molecule has 0 bridgehead atoms. The minimum Gasteiger partial charge on any atom is -0.343 e. The average Bonchev–Trinajstić information content (AvgIpc) is 3.13. The number of hydrogen-bond donors (Lipinski definition) is 2. The molecule has 0 aliphatic carbocycles. The molecule has 2 aromatic carbocycles. The van der Waals surface area contributed by atoms with Gasteiger partial charge in [0.2, 0.25) is 5.91 Å². The van der Waals surface area contributed by atoms with Crippen molar-refractivity contribution in [3.8, 4) is 0 Å². The Morgan fingerprint density at radius 1 is 0.852 bits per heavy atom. The molecule has 3 rings (SSSR count). The molecule has 27 heavy (non-hydrogen) atoms. The van der Waals surface area contributed by atoms with Crippen molar-refractivity contribution in [2.75, 3.05) is 39.3 Å². The fourth-order valence-electron chi connectivity index (χ4n) is 3.68. The van der Waals surface area contributed by atoms with Gasteiger partial charge < -0.3 is 15.5 Å². The molecule has 1 amide bonds. The number of carbonyl (C=O) groups is 1. The average molecular weight is 366 g/mol. The summed E-state index contributed by atoms with van der Waals surface area (Å²) in [5.41, 5.74) is 2.69. The van der Waals surface area contributed by atoms with Gasteiger partial charge in [-0.3, -0.25) is 4.79 Å². The summed E-state index contributed by atoms with van der Waals surface area (Å²) in [5.74, 6) is 0.693. The molecule has 0 saturated carbocycles. The summed E-state index contributed by atoms with van der Waals surface area (Å²) in [7, 11) is 0. The number of rotatable bonds is 11. The second-order valence-corrected chi connectivity index (χ2v) is 7.17. The number of amides is 1. The lowest BCUT2D eigenvalue weighted by atomic mass is 9.91. The van der Waals surface area contributed by atoms with E-state index in [9.17, 15) is 4.79 Å². The third-order valence-corrected chi connectivity index (χ3v) is 5.18. The fourth-order valence-corrected chi connectivity index (χ4v) is 3.68. The zero-order valence-electron chi connectivity index (χ0n) is 16.1. The maximum absolute atomic E-state index is 11.6. The first-order valence-corrected chi connectivity index (χ1v) is 10.1. The van der Waals surface area contributed by atoms with Gasteiger partial charge in [-0.1, -0.05) is 60.7 Å². The van der Waals surface area contributed by atoms with Gasteiger partial charge in [0.1, 0.15) is 0 Å². The lowest BCUT2D eigenvalue weighted by Crippen LogP contribution is -2.32. The van der Waals surface area contributed by atoms with Gasteiger partial charge in [-0.15, -0.1) is 0 Å². The molecule has 1 fully saturated rings. The van der Waals surface area contributed by atoms with Crippen molar-refractivity contribution in [3.63, 3.8) is 0 Å². The van der Waals surface area contributed by atoms with Gasteiger partial charge in [0, 0.05) is 45.1 Å². The van der Waals surface area contributed by atoms with Crippen LogP contribution in [0.3, 0.4) is 0 Å². The second kappa shape index (κ2) is 10.9. The predicted octanol–water partition coefficient (Wildman–Crippen LogP) is 3.01. The minimum absolute atomic E-state index is 0.324. The highest BCUT2D eigenvalue weighted by Gasteiger charge is 2.18. The Morgan fingerprint density at radius 3 is 2.07 bits per heavy atom. The van der Waals surface area contributed by atoms with E-state index in [1.807, 2.05) is 4.90 Å². The molecule has 1 aliphatic rings. The first-order valence-electron chi connectivity index (χ1n) is 10.1. The van der Waals surface area contributed by atoms with E-state index < -0.39 is 0 Å². The largest absolute Gasteiger partial charge is 0.343 e. The van der Waals surface area contributed by atoms with E-state index >= 15 is 0 Å². The van der Waals surface area contributed by atoms with Gasteiger partial charge >= 0.3 is 0 Å². The second-order valence-electron chi connectivity index (χ2n) is 7.17. The van der Waals surface area contributed by atoms with Crippen molar-refractivity contribution in [1.82, 2.24) is 15.5 Å². The van der Waals surface area contributed by atoms with Crippen molar-refractivity contribution in [3.05, 3.63) is 71.8 Å². The normalized spacial score (nSPS) is 14.3. The molecule has 4 heteroatoms. The quantitative estimate of drug-likeness (QED) is 0.602. The molecule has 0 spiro atoms. The zero-order chi connectivity index (χ0) is 18.7. The lowest BCUT2D eigenvalue weighted by molar-refractivity contribution is -0.127. The van der Waals surface area contributed by atoms with Crippen molar-refractivity contribution in [2.45, 2.75) is 25.2 Å². The van der Waals surface area contributed by atoms with Gasteiger partial charge in [0.05, 0.1) is 0 Å². The monoisotopic (exact) mass is 365 g/mol. The fraction of sp³-hybridized carbons (Fsp3) is 0.435. The molecule has 2 N–H and O–H groups in total. The van der Waals surface area contributed by atoms with E-state index in [-0.39, 0.29) is 0 Å². The summed E-state index contributed by atoms with van der Waals surface area (Å²) in [5, 5.41) is 7.07. The topological polar surface area (TPSA) is 44.4 Å². The molecule has 0 atom stereocenters. The van der Waals surface area contributed by atoms with Crippen LogP contribution in [-0.2, 0) is 4.79 Å². The van der Waals surface area contributed by atoms with Gasteiger partial charge in [-0.2, -0.15) is 0 Å². The molecule has 1 aliphatic heterocycles. The molecule has 0 radical (unpaired) electrons. The number of nitrogens with one attached hydrogen (secondary N) is 2. The van der Waals surface area contributed by atoms with E-state index in [0.717, 1.165) is 58.5 Å². The molecule has 0 unspecified atom stereocenters. The third-order valence-electron chi connectivity index (χ3n) is 5.18. The molecule has 144 valence electrons. The zero-order valence-corrected chi connectivity index (χ0v) is 16.1.